The number of benzene rings is 1. The molecular weight excluding hydrogens is 253 g/mol. The van der Waals surface area contributed by atoms with Crippen molar-refractivity contribution in [3.63, 3.8) is 0 Å². The monoisotopic (exact) mass is 267 g/mol. The average molecular weight is 268 g/mol. The molecule has 3 nitrogen and oxygen atoms in total. The molecule has 0 unspecified atom stereocenters. The number of anilines is 1. The van der Waals surface area contributed by atoms with Crippen LogP contribution in [0.3, 0.4) is 0 Å². The summed E-state index contributed by atoms with van der Waals surface area (Å²) in [6, 6.07) is 3.43. The molecule has 0 fully saturated rings. The number of rotatable bonds is 2. The van der Waals surface area contributed by atoms with Crippen LogP contribution in [0, 0.1) is 5.82 Å². The molecule has 0 bridgehead atoms. The Morgan fingerprint density at radius 1 is 1.33 bits per heavy atom. The first kappa shape index (κ1) is 12.9. The molecule has 1 heterocycles. The first-order valence-electron chi connectivity index (χ1n) is 5.68. The first-order valence-corrected chi connectivity index (χ1v) is 6.06. The molecule has 2 N–H and O–H groups in total. The second-order valence-electron chi connectivity index (χ2n) is 4.59. The van der Waals surface area contributed by atoms with Gasteiger partial charge in [0.05, 0.1) is 11.2 Å². The van der Waals surface area contributed by atoms with Gasteiger partial charge in [0.25, 0.3) is 0 Å². The lowest BCUT2D eigenvalue weighted by atomic mass is 9.98. The van der Waals surface area contributed by atoms with Gasteiger partial charge in [-0.05, 0) is 23.6 Å². The van der Waals surface area contributed by atoms with Gasteiger partial charge < -0.3 is 5.73 Å². The summed E-state index contributed by atoms with van der Waals surface area (Å²) in [6.07, 6.45) is 1.55. The third-order valence-electron chi connectivity index (χ3n) is 2.99. The van der Waals surface area contributed by atoms with Gasteiger partial charge in [0, 0.05) is 18.2 Å². The Balaban J connectivity index is 2.67. The van der Waals surface area contributed by atoms with Gasteiger partial charge in [-0.15, -0.1) is 0 Å². The van der Waals surface area contributed by atoms with Crippen LogP contribution in [0.2, 0.25) is 5.02 Å². The second-order valence-corrected chi connectivity index (χ2v) is 4.99. The highest BCUT2D eigenvalue weighted by atomic mass is 35.5. The smallest absolute Gasteiger partial charge is 0.149 e. The van der Waals surface area contributed by atoms with E-state index < -0.39 is 5.82 Å². The van der Waals surface area contributed by atoms with Crippen LogP contribution in [-0.2, 0) is 7.05 Å². The number of aryl methyl sites for hydroxylation is 1. The normalized spacial score (nSPS) is 11.2. The molecule has 1 aromatic carbocycles. The molecule has 2 rings (SSSR count). The Labute approximate surface area is 110 Å². The van der Waals surface area contributed by atoms with Crippen LogP contribution >= 0.6 is 11.6 Å². The Morgan fingerprint density at radius 3 is 2.50 bits per heavy atom. The quantitative estimate of drug-likeness (QED) is 0.904. The Morgan fingerprint density at radius 2 is 2.00 bits per heavy atom. The van der Waals surface area contributed by atoms with E-state index >= 15 is 0 Å². The molecule has 5 heteroatoms. The molecule has 1 aromatic heterocycles. The standard InChI is InChI=1S/C13H15ClFN3/c1-7(2)8-4-9(12(15)11(14)5-8)10-6-17-18(3)13(10)16/h4-7H,16H2,1-3H3. The van der Waals surface area contributed by atoms with E-state index in [2.05, 4.69) is 5.10 Å². The number of hydrogen-bond acceptors (Lipinski definition) is 2. The van der Waals surface area contributed by atoms with Gasteiger partial charge in [0.2, 0.25) is 0 Å². The fraction of sp³-hybridized carbons (Fsp3) is 0.308. The van der Waals surface area contributed by atoms with E-state index in [0.717, 1.165) is 5.56 Å². The number of nitrogens with zero attached hydrogens (tertiary/aromatic N) is 2. The minimum Gasteiger partial charge on any atom is -0.383 e. The first-order chi connectivity index (χ1) is 8.41. The average Bonchev–Trinajstić information content (AvgIpc) is 2.63. The number of aromatic nitrogens is 2. The molecule has 96 valence electrons. The van der Waals surface area contributed by atoms with Crippen LogP contribution in [0.5, 0.6) is 0 Å². The lowest BCUT2D eigenvalue weighted by molar-refractivity contribution is 0.630. The fourth-order valence-corrected chi connectivity index (χ4v) is 2.02. The summed E-state index contributed by atoms with van der Waals surface area (Å²) in [5.74, 6) is 0.228. The molecule has 2 aromatic rings. The summed E-state index contributed by atoms with van der Waals surface area (Å²) in [4.78, 5) is 0. The van der Waals surface area contributed by atoms with Crippen molar-refractivity contribution in [2.45, 2.75) is 19.8 Å². The van der Waals surface area contributed by atoms with Crippen LogP contribution in [0.25, 0.3) is 11.1 Å². The van der Waals surface area contributed by atoms with Crippen LogP contribution < -0.4 is 5.73 Å². The van der Waals surface area contributed by atoms with E-state index in [-0.39, 0.29) is 10.9 Å². The van der Waals surface area contributed by atoms with E-state index in [0.29, 0.717) is 16.9 Å². The molecule has 0 amide bonds. The third kappa shape index (κ3) is 2.08. The van der Waals surface area contributed by atoms with E-state index in [1.165, 1.54) is 4.68 Å². The Kier molecular flexibility index (Phi) is 3.30. The lowest BCUT2D eigenvalue weighted by Gasteiger charge is -2.11. The van der Waals surface area contributed by atoms with Crippen LogP contribution in [0.1, 0.15) is 25.3 Å². The highest BCUT2D eigenvalue weighted by Crippen LogP contribution is 2.34. The summed E-state index contributed by atoms with van der Waals surface area (Å²) in [6.45, 7) is 4.06. The number of halogens is 2. The molecule has 0 aliphatic rings. The number of nitrogens with two attached hydrogens (primary N) is 1. The summed E-state index contributed by atoms with van der Waals surface area (Å²) < 4.78 is 15.6. The molecular formula is C13H15ClFN3. The highest BCUT2D eigenvalue weighted by molar-refractivity contribution is 6.31. The maximum Gasteiger partial charge on any atom is 0.149 e. The van der Waals surface area contributed by atoms with Gasteiger partial charge in [-0.2, -0.15) is 5.10 Å². The molecule has 0 aliphatic carbocycles. The zero-order chi connectivity index (χ0) is 13.4. The molecule has 0 atom stereocenters. The van der Waals surface area contributed by atoms with Crippen molar-refractivity contribution in [2.75, 3.05) is 5.73 Å². The number of nitrogen functional groups attached to an aromatic ring is 1. The second kappa shape index (κ2) is 4.61. The van der Waals surface area contributed by atoms with Crippen molar-refractivity contribution < 1.29 is 4.39 Å². The maximum atomic E-state index is 14.1. The minimum atomic E-state index is -0.458. The summed E-state index contributed by atoms with van der Waals surface area (Å²) in [7, 11) is 1.71. The van der Waals surface area contributed by atoms with Crippen molar-refractivity contribution >= 4 is 17.4 Å². The highest BCUT2D eigenvalue weighted by Gasteiger charge is 2.16. The Bertz CT molecular complexity index is 590. The van der Waals surface area contributed by atoms with Gasteiger partial charge >= 0.3 is 0 Å². The topological polar surface area (TPSA) is 43.8 Å². The largest absolute Gasteiger partial charge is 0.383 e. The van der Waals surface area contributed by atoms with Crippen molar-refractivity contribution in [3.05, 3.63) is 34.7 Å². The van der Waals surface area contributed by atoms with Crippen molar-refractivity contribution in [1.82, 2.24) is 9.78 Å². The van der Waals surface area contributed by atoms with Gasteiger partial charge in [0.15, 0.2) is 0 Å². The predicted molar refractivity (Wildman–Crippen MR) is 72.1 cm³/mol. The minimum absolute atomic E-state index is 0.111. The maximum absolute atomic E-state index is 14.1. The molecule has 0 aliphatic heterocycles. The Hall–Kier alpha value is -1.55. The van der Waals surface area contributed by atoms with Crippen molar-refractivity contribution in [1.29, 1.82) is 0 Å². The van der Waals surface area contributed by atoms with Gasteiger partial charge in [-0.1, -0.05) is 25.4 Å². The van der Waals surface area contributed by atoms with E-state index in [1.807, 2.05) is 13.8 Å². The molecule has 0 saturated heterocycles. The molecule has 0 radical (unpaired) electrons. The summed E-state index contributed by atoms with van der Waals surface area (Å²) in [5.41, 5.74) is 7.81. The molecule has 0 saturated carbocycles. The molecule has 0 spiro atoms. The van der Waals surface area contributed by atoms with Crippen LogP contribution in [-0.4, -0.2) is 9.78 Å². The predicted octanol–water partition coefficient (Wildman–Crippen LogP) is 3.59. The third-order valence-corrected chi connectivity index (χ3v) is 3.27. The van der Waals surface area contributed by atoms with E-state index in [1.54, 1.807) is 25.4 Å². The zero-order valence-electron chi connectivity index (χ0n) is 10.5. The van der Waals surface area contributed by atoms with Crippen LogP contribution in [0.15, 0.2) is 18.3 Å². The van der Waals surface area contributed by atoms with Gasteiger partial charge in [0.1, 0.15) is 11.6 Å². The fourth-order valence-electron chi connectivity index (χ4n) is 1.79. The van der Waals surface area contributed by atoms with Crippen LogP contribution in [0.4, 0.5) is 10.2 Å². The SMILES string of the molecule is CC(C)c1cc(Cl)c(F)c(-c2cnn(C)c2N)c1. The van der Waals surface area contributed by atoms with E-state index in [4.69, 9.17) is 17.3 Å². The van der Waals surface area contributed by atoms with Gasteiger partial charge in [-0.25, -0.2) is 4.39 Å². The van der Waals surface area contributed by atoms with E-state index in [9.17, 15) is 4.39 Å². The van der Waals surface area contributed by atoms with Gasteiger partial charge in [-0.3, -0.25) is 4.68 Å². The zero-order valence-corrected chi connectivity index (χ0v) is 11.3. The lowest BCUT2D eigenvalue weighted by Crippen LogP contribution is -1.99. The molecule has 18 heavy (non-hydrogen) atoms. The van der Waals surface area contributed by atoms with Crippen molar-refractivity contribution in [2.24, 2.45) is 7.05 Å². The number of hydrogen-bond donors (Lipinski definition) is 1. The summed E-state index contributed by atoms with van der Waals surface area (Å²) in [5, 5.41) is 4.13. The summed E-state index contributed by atoms with van der Waals surface area (Å²) >= 11 is 5.93. The van der Waals surface area contributed by atoms with Crippen molar-refractivity contribution in [3.8, 4) is 11.1 Å².